The fraction of sp³-hybridized carbons (Fsp3) is 0.467. The predicted octanol–water partition coefficient (Wildman–Crippen LogP) is 2.78. The highest BCUT2D eigenvalue weighted by Crippen LogP contribution is 2.24. The zero-order chi connectivity index (χ0) is 11.8. The van der Waals surface area contributed by atoms with Gasteiger partial charge in [-0.1, -0.05) is 18.2 Å². The third kappa shape index (κ3) is 2.09. The number of benzene rings is 1. The van der Waals surface area contributed by atoms with Crippen LogP contribution in [0, 0.1) is 6.92 Å². The van der Waals surface area contributed by atoms with Crippen molar-refractivity contribution in [2.45, 2.75) is 32.2 Å². The third-order valence-electron chi connectivity index (χ3n) is 3.69. The quantitative estimate of drug-likeness (QED) is 0.851. The van der Waals surface area contributed by atoms with E-state index >= 15 is 0 Å². The molecule has 17 heavy (non-hydrogen) atoms. The first-order valence-electron chi connectivity index (χ1n) is 6.52. The monoisotopic (exact) mass is 228 g/mol. The number of aromatic nitrogens is 1. The Morgan fingerprint density at radius 3 is 2.94 bits per heavy atom. The molecular weight excluding hydrogens is 208 g/mol. The van der Waals surface area contributed by atoms with Gasteiger partial charge in [0.05, 0.1) is 5.52 Å². The average molecular weight is 228 g/mol. The molecule has 0 spiro atoms. The molecule has 3 rings (SSSR count). The lowest BCUT2D eigenvalue weighted by molar-refractivity contribution is 0.682. The number of para-hydroxylation sites is 1. The van der Waals surface area contributed by atoms with Crippen molar-refractivity contribution < 1.29 is 0 Å². The lowest BCUT2D eigenvalue weighted by atomic mass is 10.1. The van der Waals surface area contributed by atoms with Gasteiger partial charge in [0.25, 0.3) is 0 Å². The van der Waals surface area contributed by atoms with Crippen LogP contribution in [0.4, 0.5) is 0 Å². The first-order chi connectivity index (χ1) is 8.25. The summed E-state index contributed by atoms with van der Waals surface area (Å²) in [6.45, 7) is 3.30. The van der Waals surface area contributed by atoms with Gasteiger partial charge in [0.15, 0.2) is 0 Å². The summed E-state index contributed by atoms with van der Waals surface area (Å²) < 4.78 is 2.26. The Morgan fingerprint density at radius 1 is 1.35 bits per heavy atom. The fourth-order valence-electron chi connectivity index (χ4n) is 2.65. The van der Waals surface area contributed by atoms with Crippen LogP contribution in [0.25, 0.3) is 10.9 Å². The molecular formula is C15H20N2. The molecule has 0 radical (unpaired) electrons. The minimum absolute atomic E-state index is 0.812. The molecule has 1 aromatic heterocycles. The minimum atomic E-state index is 0.812. The molecule has 1 aliphatic carbocycles. The number of aryl methyl sites for hydroxylation is 2. The zero-order valence-electron chi connectivity index (χ0n) is 10.7. The number of nitrogens with zero attached hydrogens (tertiary/aromatic N) is 1. The van der Waals surface area contributed by atoms with Gasteiger partial charge < -0.3 is 9.88 Å². The largest absolute Gasteiger partial charge is 0.350 e. The highest BCUT2D eigenvalue weighted by atomic mass is 14.9. The second kappa shape index (κ2) is 4.19. The third-order valence-corrected chi connectivity index (χ3v) is 3.69. The predicted molar refractivity (Wildman–Crippen MR) is 72.4 cm³/mol. The van der Waals surface area contributed by atoms with Gasteiger partial charge >= 0.3 is 0 Å². The van der Waals surface area contributed by atoms with Crippen molar-refractivity contribution in [1.82, 2.24) is 9.88 Å². The summed E-state index contributed by atoms with van der Waals surface area (Å²) in [7, 11) is 2.15. The van der Waals surface area contributed by atoms with E-state index in [4.69, 9.17) is 0 Å². The molecule has 2 heteroatoms. The standard InChI is InChI=1S/C15H20N2/c1-11-4-3-5-14-12(10-17(2)15(11)14)8-9-16-13-6-7-13/h3-5,10,13,16H,6-9H2,1-2H3. The molecule has 2 aromatic rings. The van der Waals surface area contributed by atoms with E-state index < -0.39 is 0 Å². The molecule has 1 aliphatic rings. The Labute approximate surface area is 103 Å². The van der Waals surface area contributed by atoms with Crippen molar-refractivity contribution in [2.75, 3.05) is 6.54 Å². The van der Waals surface area contributed by atoms with Crippen LogP contribution in [-0.2, 0) is 13.5 Å². The van der Waals surface area contributed by atoms with Crippen LogP contribution in [0.3, 0.4) is 0 Å². The van der Waals surface area contributed by atoms with Gasteiger partial charge in [-0.15, -0.1) is 0 Å². The summed E-state index contributed by atoms with van der Waals surface area (Å²) in [6, 6.07) is 7.41. The molecule has 0 aliphatic heterocycles. The van der Waals surface area contributed by atoms with Crippen molar-refractivity contribution in [3.63, 3.8) is 0 Å². The zero-order valence-corrected chi connectivity index (χ0v) is 10.7. The van der Waals surface area contributed by atoms with E-state index in [1.54, 1.807) is 0 Å². The van der Waals surface area contributed by atoms with E-state index in [0.29, 0.717) is 0 Å². The van der Waals surface area contributed by atoms with E-state index in [1.165, 1.54) is 34.9 Å². The maximum Gasteiger partial charge on any atom is 0.0510 e. The molecule has 1 saturated carbocycles. The van der Waals surface area contributed by atoms with Crippen LogP contribution in [0.15, 0.2) is 24.4 Å². The molecule has 0 amide bonds. The Kier molecular flexibility index (Phi) is 2.67. The maximum atomic E-state index is 3.58. The SMILES string of the molecule is Cc1cccc2c(CCNC3CC3)cn(C)c12. The number of hydrogen-bond acceptors (Lipinski definition) is 1. The molecule has 90 valence electrons. The Bertz CT molecular complexity index is 535. The summed E-state index contributed by atoms with van der Waals surface area (Å²) in [4.78, 5) is 0. The molecule has 0 atom stereocenters. The molecule has 0 saturated heterocycles. The summed E-state index contributed by atoms with van der Waals surface area (Å²) in [5.74, 6) is 0. The first-order valence-corrected chi connectivity index (χ1v) is 6.52. The van der Waals surface area contributed by atoms with Gasteiger partial charge in [0, 0.05) is 24.7 Å². The highest BCUT2D eigenvalue weighted by Gasteiger charge is 2.19. The smallest absolute Gasteiger partial charge is 0.0510 e. The van der Waals surface area contributed by atoms with Crippen molar-refractivity contribution in [2.24, 2.45) is 7.05 Å². The molecule has 0 bridgehead atoms. The van der Waals surface area contributed by atoms with Gasteiger partial charge in [-0.25, -0.2) is 0 Å². The van der Waals surface area contributed by atoms with Gasteiger partial charge in [0.2, 0.25) is 0 Å². The molecule has 1 fully saturated rings. The van der Waals surface area contributed by atoms with Crippen LogP contribution in [0.2, 0.25) is 0 Å². The summed E-state index contributed by atoms with van der Waals surface area (Å²) in [5.41, 5.74) is 4.22. The van der Waals surface area contributed by atoms with Gasteiger partial charge in [-0.3, -0.25) is 0 Å². The van der Waals surface area contributed by atoms with E-state index in [1.807, 2.05) is 0 Å². The lowest BCUT2D eigenvalue weighted by Gasteiger charge is -2.02. The Hall–Kier alpha value is -1.28. The minimum Gasteiger partial charge on any atom is -0.350 e. The Balaban J connectivity index is 1.85. The fourth-order valence-corrected chi connectivity index (χ4v) is 2.65. The average Bonchev–Trinajstić information content (AvgIpc) is 3.05. The maximum absolute atomic E-state index is 3.58. The van der Waals surface area contributed by atoms with Crippen molar-refractivity contribution in [1.29, 1.82) is 0 Å². The normalized spacial score (nSPS) is 15.6. The molecule has 0 unspecified atom stereocenters. The van der Waals surface area contributed by atoms with E-state index in [0.717, 1.165) is 19.0 Å². The number of rotatable bonds is 4. The summed E-state index contributed by atoms with van der Waals surface area (Å²) in [6.07, 6.45) is 6.16. The number of hydrogen-bond donors (Lipinski definition) is 1. The van der Waals surface area contributed by atoms with Crippen molar-refractivity contribution in [3.05, 3.63) is 35.5 Å². The van der Waals surface area contributed by atoms with E-state index in [2.05, 4.69) is 48.3 Å². The van der Waals surface area contributed by atoms with Crippen LogP contribution in [-0.4, -0.2) is 17.2 Å². The van der Waals surface area contributed by atoms with Crippen LogP contribution in [0.5, 0.6) is 0 Å². The van der Waals surface area contributed by atoms with Gasteiger partial charge in [-0.2, -0.15) is 0 Å². The molecule has 1 aromatic carbocycles. The van der Waals surface area contributed by atoms with Crippen molar-refractivity contribution in [3.8, 4) is 0 Å². The van der Waals surface area contributed by atoms with Gasteiger partial charge in [-0.05, 0) is 43.9 Å². The number of fused-ring (bicyclic) bond motifs is 1. The molecule has 2 nitrogen and oxygen atoms in total. The molecule has 1 N–H and O–H groups in total. The highest BCUT2D eigenvalue weighted by molar-refractivity contribution is 5.86. The van der Waals surface area contributed by atoms with E-state index in [-0.39, 0.29) is 0 Å². The van der Waals surface area contributed by atoms with E-state index in [9.17, 15) is 0 Å². The topological polar surface area (TPSA) is 17.0 Å². The van der Waals surface area contributed by atoms with Crippen LogP contribution in [0.1, 0.15) is 24.0 Å². The first kappa shape index (κ1) is 10.8. The Morgan fingerprint density at radius 2 is 2.18 bits per heavy atom. The lowest BCUT2D eigenvalue weighted by Crippen LogP contribution is -2.19. The number of nitrogens with one attached hydrogen (secondary N) is 1. The summed E-state index contributed by atoms with van der Waals surface area (Å²) in [5, 5.41) is 5.01. The second-order valence-electron chi connectivity index (χ2n) is 5.21. The summed E-state index contributed by atoms with van der Waals surface area (Å²) >= 11 is 0. The second-order valence-corrected chi connectivity index (χ2v) is 5.21. The van der Waals surface area contributed by atoms with Gasteiger partial charge in [0.1, 0.15) is 0 Å². The van der Waals surface area contributed by atoms with Crippen LogP contribution < -0.4 is 5.32 Å². The van der Waals surface area contributed by atoms with Crippen molar-refractivity contribution >= 4 is 10.9 Å². The molecule has 1 heterocycles. The van der Waals surface area contributed by atoms with Crippen LogP contribution >= 0.6 is 0 Å².